The number of nitrogens with two attached hydrogens (primary N) is 1. The topological polar surface area (TPSA) is 35.2 Å². The Labute approximate surface area is 50.0 Å². The van der Waals surface area contributed by atoms with Crippen LogP contribution in [0.4, 0.5) is 0 Å². The standard InChI is InChI=1S/C6H13NO/c1-5-2-6(7)4-8-3-5/h5-6H,2-4,7H2,1H3. The summed E-state index contributed by atoms with van der Waals surface area (Å²) < 4.78 is 5.17. The molecule has 0 radical (unpaired) electrons. The molecule has 0 aromatic rings. The van der Waals surface area contributed by atoms with Crippen molar-refractivity contribution >= 4 is 0 Å². The minimum Gasteiger partial charge on any atom is -0.380 e. The molecule has 2 heteroatoms. The zero-order valence-electron chi connectivity index (χ0n) is 5.26. The third kappa shape index (κ3) is 1.46. The monoisotopic (exact) mass is 115 g/mol. The summed E-state index contributed by atoms with van der Waals surface area (Å²) >= 11 is 0. The first-order valence-corrected chi connectivity index (χ1v) is 3.12. The van der Waals surface area contributed by atoms with Gasteiger partial charge >= 0.3 is 0 Å². The third-order valence-corrected chi connectivity index (χ3v) is 1.44. The molecular weight excluding hydrogens is 102 g/mol. The van der Waals surface area contributed by atoms with Crippen molar-refractivity contribution in [2.75, 3.05) is 13.2 Å². The van der Waals surface area contributed by atoms with Crippen LogP contribution in [0.5, 0.6) is 0 Å². The molecule has 1 rings (SSSR count). The van der Waals surface area contributed by atoms with Crippen LogP contribution in [0.25, 0.3) is 0 Å². The maximum atomic E-state index is 5.60. The van der Waals surface area contributed by atoms with Crippen molar-refractivity contribution < 1.29 is 4.74 Å². The SMILES string of the molecule is CC1COCC(N)C1. The Kier molecular flexibility index (Phi) is 1.86. The van der Waals surface area contributed by atoms with E-state index >= 15 is 0 Å². The summed E-state index contributed by atoms with van der Waals surface area (Å²) in [5.74, 6) is 0.666. The highest BCUT2D eigenvalue weighted by atomic mass is 16.5. The first-order chi connectivity index (χ1) is 3.79. The second-order valence-electron chi connectivity index (χ2n) is 2.64. The fourth-order valence-corrected chi connectivity index (χ4v) is 1.07. The van der Waals surface area contributed by atoms with Gasteiger partial charge in [-0.05, 0) is 12.3 Å². The van der Waals surface area contributed by atoms with E-state index in [-0.39, 0.29) is 0 Å². The summed E-state index contributed by atoms with van der Waals surface area (Å²) in [6, 6.07) is 0.291. The summed E-state index contributed by atoms with van der Waals surface area (Å²) in [6.07, 6.45) is 1.12. The van der Waals surface area contributed by atoms with Crippen LogP contribution in [0.2, 0.25) is 0 Å². The Bertz CT molecular complexity index is 66.9. The molecule has 0 spiro atoms. The molecule has 0 aromatic carbocycles. The molecule has 48 valence electrons. The average molecular weight is 115 g/mol. The highest BCUT2D eigenvalue weighted by molar-refractivity contribution is 4.68. The molecule has 0 bridgehead atoms. The predicted molar refractivity (Wildman–Crippen MR) is 32.6 cm³/mol. The summed E-state index contributed by atoms with van der Waals surface area (Å²) in [6.45, 7) is 3.82. The second-order valence-corrected chi connectivity index (χ2v) is 2.64. The Hall–Kier alpha value is -0.0800. The average Bonchev–Trinajstić information content (AvgIpc) is 1.64. The van der Waals surface area contributed by atoms with Crippen molar-refractivity contribution in [1.82, 2.24) is 0 Å². The van der Waals surface area contributed by atoms with Gasteiger partial charge in [-0.1, -0.05) is 6.92 Å². The first kappa shape index (κ1) is 6.05. The number of ether oxygens (including phenoxy) is 1. The molecule has 2 N–H and O–H groups in total. The van der Waals surface area contributed by atoms with E-state index in [9.17, 15) is 0 Å². The van der Waals surface area contributed by atoms with E-state index < -0.39 is 0 Å². The lowest BCUT2D eigenvalue weighted by Crippen LogP contribution is -2.34. The van der Waals surface area contributed by atoms with Gasteiger partial charge in [-0.3, -0.25) is 0 Å². The summed E-state index contributed by atoms with van der Waals surface area (Å²) in [5, 5.41) is 0. The fourth-order valence-electron chi connectivity index (χ4n) is 1.07. The van der Waals surface area contributed by atoms with Crippen molar-refractivity contribution in [3.8, 4) is 0 Å². The molecule has 0 amide bonds. The van der Waals surface area contributed by atoms with Gasteiger partial charge in [0.2, 0.25) is 0 Å². The van der Waals surface area contributed by atoms with Crippen LogP contribution in [0.1, 0.15) is 13.3 Å². The van der Waals surface area contributed by atoms with Gasteiger partial charge in [-0.25, -0.2) is 0 Å². The van der Waals surface area contributed by atoms with Gasteiger partial charge in [0.25, 0.3) is 0 Å². The van der Waals surface area contributed by atoms with Crippen molar-refractivity contribution in [2.45, 2.75) is 19.4 Å². The zero-order valence-corrected chi connectivity index (χ0v) is 5.26. The Balaban J connectivity index is 2.23. The van der Waals surface area contributed by atoms with Gasteiger partial charge in [0.15, 0.2) is 0 Å². The smallest absolute Gasteiger partial charge is 0.0617 e. The van der Waals surface area contributed by atoms with E-state index in [1.807, 2.05) is 0 Å². The third-order valence-electron chi connectivity index (χ3n) is 1.44. The lowest BCUT2D eigenvalue weighted by atomic mass is 10.0. The van der Waals surface area contributed by atoms with E-state index in [2.05, 4.69) is 6.92 Å². The van der Waals surface area contributed by atoms with E-state index in [0.717, 1.165) is 19.6 Å². The van der Waals surface area contributed by atoms with Gasteiger partial charge < -0.3 is 10.5 Å². The maximum Gasteiger partial charge on any atom is 0.0617 e. The first-order valence-electron chi connectivity index (χ1n) is 3.12. The summed E-state index contributed by atoms with van der Waals surface area (Å²) in [4.78, 5) is 0. The zero-order chi connectivity index (χ0) is 5.98. The largest absolute Gasteiger partial charge is 0.380 e. The molecule has 2 nitrogen and oxygen atoms in total. The molecule has 1 saturated heterocycles. The van der Waals surface area contributed by atoms with Crippen LogP contribution >= 0.6 is 0 Å². The van der Waals surface area contributed by atoms with Crippen molar-refractivity contribution in [2.24, 2.45) is 11.7 Å². The highest BCUT2D eigenvalue weighted by Crippen LogP contribution is 2.10. The molecule has 1 heterocycles. The molecule has 1 fully saturated rings. The van der Waals surface area contributed by atoms with Crippen LogP contribution in [0.15, 0.2) is 0 Å². The molecule has 0 aromatic heterocycles. The molecule has 2 atom stereocenters. The van der Waals surface area contributed by atoms with Crippen LogP contribution < -0.4 is 5.73 Å². The second kappa shape index (κ2) is 2.46. The molecule has 1 aliphatic heterocycles. The highest BCUT2D eigenvalue weighted by Gasteiger charge is 2.14. The maximum absolute atomic E-state index is 5.60. The lowest BCUT2D eigenvalue weighted by Gasteiger charge is -2.23. The van der Waals surface area contributed by atoms with Gasteiger partial charge in [0.1, 0.15) is 0 Å². The number of hydrogen-bond donors (Lipinski definition) is 1. The number of hydrogen-bond acceptors (Lipinski definition) is 2. The molecule has 1 aliphatic rings. The molecular formula is C6H13NO. The predicted octanol–water partition coefficient (Wildman–Crippen LogP) is 0.370. The summed E-state index contributed by atoms with van der Waals surface area (Å²) in [7, 11) is 0. The lowest BCUT2D eigenvalue weighted by molar-refractivity contribution is 0.0476. The van der Waals surface area contributed by atoms with E-state index in [1.54, 1.807) is 0 Å². The van der Waals surface area contributed by atoms with Crippen LogP contribution in [-0.4, -0.2) is 19.3 Å². The molecule has 8 heavy (non-hydrogen) atoms. The quantitative estimate of drug-likeness (QED) is 0.495. The minimum absolute atomic E-state index is 0.291. The molecule has 0 aliphatic carbocycles. The van der Waals surface area contributed by atoms with Crippen molar-refractivity contribution in [1.29, 1.82) is 0 Å². The molecule has 2 unspecified atom stereocenters. The minimum atomic E-state index is 0.291. The van der Waals surface area contributed by atoms with Crippen LogP contribution in [0.3, 0.4) is 0 Å². The van der Waals surface area contributed by atoms with Crippen LogP contribution in [-0.2, 0) is 4.74 Å². The van der Waals surface area contributed by atoms with Gasteiger partial charge in [-0.2, -0.15) is 0 Å². The van der Waals surface area contributed by atoms with Gasteiger partial charge in [0.05, 0.1) is 6.61 Å². The van der Waals surface area contributed by atoms with Gasteiger partial charge in [-0.15, -0.1) is 0 Å². The van der Waals surface area contributed by atoms with Crippen LogP contribution in [0, 0.1) is 5.92 Å². The summed E-state index contributed by atoms with van der Waals surface area (Å²) in [5.41, 5.74) is 5.60. The normalized spacial score (nSPS) is 39.8. The van der Waals surface area contributed by atoms with E-state index in [4.69, 9.17) is 10.5 Å². The number of rotatable bonds is 0. The Morgan fingerprint density at radius 1 is 1.50 bits per heavy atom. The van der Waals surface area contributed by atoms with E-state index in [0.29, 0.717) is 12.0 Å². The fraction of sp³-hybridized carbons (Fsp3) is 1.00. The van der Waals surface area contributed by atoms with E-state index in [1.165, 1.54) is 0 Å². The Morgan fingerprint density at radius 3 is 2.62 bits per heavy atom. The molecule has 0 saturated carbocycles. The van der Waals surface area contributed by atoms with Gasteiger partial charge in [0, 0.05) is 12.6 Å². The Morgan fingerprint density at radius 2 is 2.25 bits per heavy atom. The van der Waals surface area contributed by atoms with Crippen molar-refractivity contribution in [3.63, 3.8) is 0 Å². The van der Waals surface area contributed by atoms with Crippen molar-refractivity contribution in [3.05, 3.63) is 0 Å².